The standard InChI is InChI=1S/C18H13NO5/c1-10(20)19-13-5-2-11(3-6-13)8-16-17(21)14-9-12(18(22)23)4-7-15(14)24-16/h2-9H,1H3,(H,19,20)(H,22,23). The Balaban J connectivity index is 1.86. The van der Waals surface area contributed by atoms with Gasteiger partial charge in [-0.15, -0.1) is 0 Å². The van der Waals surface area contributed by atoms with Crippen molar-refractivity contribution in [2.45, 2.75) is 6.92 Å². The lowest BCUT2D eigenvalue weighted by Crippen LogP contribution is -2.05. The predicted molar refractivity (Wildman–Crippen MR) is 87.1 cm³/mol. The topological polar surface area (TPSA) is 92.7 Å². The average Bonchev–Trinajstić information content (AvgIpc) is 2.84. The van der Waals surface area contributed by atoms with Gasteiger partial charge in [0.25, 0.3) is 0 Å². The lowest BCUT2D eigenvalue weighted by Gasteiger charge is -2.02. The van der Waals surface area contributed by atoms with Crippen LogP contribution < -0.4 is 10.1 Å². The van der Waals surface area contributed by atoms with Crippen LogP contribution in [-0.4, -0.2) is 22.8 Å². The third-order valence-corrected chi connectivity index (χ3v) is 3.44. The van der Waals surface area contributed by atoms with Gasteiger partial charge in [-0.1, -0.05) is 12.1 Å². The van der Waals surface area contributed by atoms with E-state index in [2.05, 4.69) is 5.32 Å². The van der Waals surface area contributed by atoms with Crippen LogP contribution in [0.3, 0.4) is 0 Å². The number of Topliss-reactive ketones (excluding diaryl/α,β-unsaturated/α-hetero) is 1. The molecule has 2 aromatic rings. The van der Waals surface area contributed by atoms with Crippen molar-refractivity contribution in [1.82, 2.24) is 0 Å². The van der Waals surface area contributed by atoms with Crippen molar-refractivity contribution in [2.75, 3.05) is 5.32 Å². The van der Waals surface area contributed by atoms with Gasteiger partial charge >= 0.3 is 5.97 Å². The number of carbonyl (C=O) groups is 3. The fourth-order valence-corrected chi connectivity index (χ4v) is 2.34. The van der Waals surface area contributed by atoms with E-state index in [0.29, 0.717) is 11.4 Å². The van der Waals surface area contributed by atoms with Crippen LogP contribution in [-0.2, 0) is 4.79 Å². The number of carbonyl (C=O) groups excluding carboxylic acids is 2. The number of carboxylic acid groups (broad SMARTS) is 1. The maximum Gasteiger partial charge on any atom is 0.335 e. The number of hydrogen-bond acceptors (Lipinski definition) is 4. The molecule has 0 fully saturated rings. The van der Waals surface area contributed by atoms with Crippen molar-refractivity contribution in [3.05, 3.63) is 64.9 Å². The summed E-state index contributed by atoms with van der Waals surface area (Å²) < 4.78 is 5.50. The highest BCUT2D eigenvalue weighted by molar-refractivity contribution is 6.15. The van der Waals surface area contributed by atoms with Gasteiger partial charge in [0.1, 0.15) is 5.75 Å². The van der Waals surface area contributed by atoms with Crippen LogP contribution >= 0.6 is 0 Å². The molecule has 0 spiro atoms. The molecule has 1 heterocycles. The van der Waals surface area contributed by atoms with E-state index in [4.69, 9.17) is 9.84 Å². The molecule has 6 heteroatoms. The zero-order chi connectivity index (χ0) is 17.3. The SMILES string of the molecule is CC(=O)Nc1ccc(C=C2Oc3ccc(C(=O)O)cc3C2=O)cc1. The molecule has 120 valence electrons. The molecule has 2 aromatic carbocycles. The van der Waals surface area contributed by atoms with Crippen LogP contribution in [0, 0.1) is 0 Å². The van der Waals surface area contributed by atoms with Gasteiger partial charge in [0, 0.05) is 12.6 Å². The molecule has 0 saturated heterocycles. The van der Waals surface area contributed by atoms with Crippen molar-refractivity contribution in [2.24, 2.45) is 0 Å². The second kappa shape index (κ2) is 6.00. The fraction of sp³-hybridized carbons (Fsp3) is 0.0556. The molecule has 24 heavy (non-hydrogen) atoms. The molecule has 0 aromatic heterocycles. The molecule has 0 atom stereocenters. The molecule has 0 aliphatic carbocycles. The Hall–Kier alpha value is -3.41. The second-order valence-corrected chi connectivity index (χ2v) is 5.26. The number of anilines is 1. The molecular formula is C18H13NO5. The van der Waals surface area contributed by atoms with E-state index < -0.39 is 5.97 Å². The van der Waals surface area contributed by atoms with Crippen LogP contribution in [0.5, 0.6) is 5.75 Å². The van der Waals surface area contributed by atoms with Crippen molar-refractivity contribution in [3.8, 4) is 5.75 Å². The number of ketones is 1. The molecule has 1 aliphatic heterocycles. The van der Waals surface area contributed by atoms with Gasteiger partial charge in [-0.05, 0) is 42.0 Å². The predicted octanol–water partition coefficient (Wildman–Crippen LogP) is 2.96. The molecule has 3 rings (SSSR count). The first-order valence-corrected chi connectivity index (χ1v) is 7.13. The maximum atomic E-state index is 12.3. The molecule has 1 aliphatic rings. The molecule has 2 N–H and O–H groups in total. The minimum absolute atomic E-state index is 0.0339. The van der Waals surface area contributed by atoms with E-state index in [1.165, 1.54) is 25.1 Å². The smallest absolute Gasteiger partial charge is 0.335 e. The van der Waals surface area contributed by atoms with Gasteiger partial charge in [0.15, 0.2) is 5.76 Å². The van der Waals surface area contributed by atoms with E-state index in [1.54, 1.807) is 30.3 Å². The number of amides is 1. The number of ether oxygens (including phenoxy) is 1. The van der Waals surface area contributed by atoms with Crippen molar-refractivity contribution < 1.29 is 24.2 Å². The summed E-state index contributed by atoms with van der Waals surface area (Å²) in [4.78, 5) is 34.3. The largest absolute Gasteiger partial charge is 0.478 e. The lowest BCUT2D eigenvalue weighted by atomic mass is 10.1. The highest BCUT2D eigenvalue weighted by atomic mass is 16.5. The van der Waals surface area contributed by atoms with Crippen LogP contribution in [0.2, 0.25) is 0 Å². The summed E-state index contributed by atoms with van der Waals surface area (Å²) in [5.74, 6) is -1.17. The van der Waals surface area contributed by atoms with E-state index >= 15 is 0 Å². The van der Waals surface area contributed by atoms with Gasteiger partial charge in [-0.3, -0.25) is 9.59 Å². The molecule has 0 radical (unpaired) electrons. The van der Waals surface area contributed by atoms with Crippen LogP contribution in [0.1, 0.15) is 33.2 Å². The normalized spacial score (nSPS) is 14.2. The number of fused-ring (bicyclic) bond motifs is 1. The van der Waals surface area contributed by atoms with Gasteiger partial charge in [0.2, 0.25) is 11.7 Å². The number of rotatable bonds is 3. The number of aromatic carboxylic acids is 1. The first-order chi connectivity index (χ1) is 11.4. The number of carboxylic acids is 1. The third kappa shape index (κ3) is 3.03. The summed E-state index contributed by atoms with van der Waals surface area (Å²) in [6.45, 7) is 1.42. The number of hydrogen-bond donors (Lipinski definition) is 2. The minimum Gasteiger partial charge on any atom is -0.478 e. The summed E-state index contributed by atoms with van der Waals surface area (Å²) in [6, 6.07) is 11.1. The molecular weight excluding hydrogens is 310 g/mol. The fourth-order valence-electron chi connectivity index (χ4n) is 2.34. The maximum absolute atomic E-state index is 12.3. The Labute approximate surface area is 137 Å². The summed E-state index contributed by atoms with van der Waals surface area (Å²) in [6.07, 6.45) is 1.57. The first kappa shape index (κ1) is 15.5. The summed E-state index contributed by atoms with van der Waals surface area (Å²) in [5.41, 5.74) is 1.64. The van der Waals surface area contributed by atoms with E-state index in [9.17, 15) is 14.4 Å². The molecule has 1 amide bonds. The van der Waals surface area contributed by atoms with Crippen LogP contribution in [0.15, 0.2) is 48.2 Å². The highest BCUT2D eigenvalue weighted by Crippen LogP contribution is 2.32. The van der Waals surface area contributed by atoms with E-state index in [0.717, 1.165) is 5.56 Å². The Morgan fingerprint density at radius 1 is 1.12 bits per heavy atom. The zero-order valence-electron chi connectivity index (χ0n) is 12.7. The molecule has 0 saturated carbocycles. The zero-order valence-corrected chi connectivity index (χ0v) is 12.7. The van der Waals surface area contributed by atoms with Gasteiger partial charge < -0.3 is 15.2 Å². The van der Waals surface area contributed by atoms with E-state index in [1.807, 2.05) is 0 Å². The van der Waals surface area contributed by atoms with E-state index in [-0.39, 0.29) is 28.6 Å². The van der Waals surface area contributed by atoms with Crippen LogP contribution in [0.25, 0.3) is 6.08 Å². The summed E-state index contributed by atoms with van der Waals surface area (Å²) in [7, 11) is 0. The van der Waals surface area contributed by atoms with Crippen molar-refractivity contribution in [3.63, 3.8) is 0 Å². The Kier molecular flexibility index (Phi) is 3.87. The monoisotopic (exact) mass is 323 g/mol. The second-order valence-electron chi connectivity index (χ2n) is 5.26. The Morgan fingerprint density at radius 3 is 2.46 bits per heavy atom. The summed E-state index contributed by atoms with van der Waals surface area (Å²) >= 11 is 0. The van der Waals surface area contributed by atoms with Crippen molar-refractivity contribution in [1.29, 1.82) is 0 Å². The van der Waals surface area contributed by atoms with Crippen molar-refractivity contribution >= 4 is 29.4 Å². The Morgan fingerprint density at radius 2 is 1.83 bits per heavy atom. The number of allylic oxidation sites excluding steroid dienone is 1. The molecule has 0 bridgehead atoms. The molecule has 6 nitrogen and oxygen atoms in total. The number of benzene rings is 2. The summed E-state index contributed by atoms with van der Waals surface area (Å²) in [5, 5.41) is 11.6. The average molecular weight is 323 g/mol. The molecule has 0 unspecified atom stereocenters. The van der Waals surface area contributed by atoms with Gasteiger partial charge in [0.05, 0.1) is 11.1 Å². The highest BCUT2D eigenvalue weighted by Gasteiger charge is 2.28. The lowest BCUT2D eigenvalue weighted by molar-refractivity contribution is -0.114. The van der Waals surface area contributed by atoms with Gasteiger partial charge in [-0.25, -0.2) is 4.79 Å². The number of nitrogens with one attached hydrogen (secondary N) is 1. The minimum atomic E-state index is -1.10. The Bertz CT molecular complexity index is 881. The quantitative estimate of drug-likeness (QED) is 0.847. The van der Waals surface area contributed by atoms with Crippen LogP contribution in [0.4, 0.5) is 5.69 Å². The first-order valence-electron chi connectivity index (χ1n) is 7.13. The van der Waals surface area contributed by atoms with Gasteiger partial charge in [-0.2, -0.15) is 0 Å². The third-order valence-electron chi connectivity index (χ3n) is 3.44.